The van der Waals surface area contributed by atoms with E-state index in [1.807, 2.05) is 0 Å². The predicted octanol–water partition coefficient (Wildman–Crippen LogP) is 6.75. The minimum atomic E-state index is -0.169. The van der Waals surface area contributed by atoms with Crippen molar-refractivity contribution in [2.75, 3.05) is 0 Å². The third kappa shape index (κ3) is 1.57. The van der Waals surface area contributed by atoms with Gasteiger partial charge in [-0.1, -0.05) is 94.8 Å². The largest absolute Gasteiger partial charge is 0.0836 e. The van der Waals surface area contributed by atoms with Crippen molar-refractivity contribution in [1.82, 2.24) is 0 Å². The molecule has 0 aromatic heterocycles. The molecule has 26 heavy (non-hydrogen) atoms. The van der Waals surface area contributed by atoms with E-state index in [0.29, 0.717) is 5.92 Å². The Hall–Kier alpha value is -2.38. The van der Waals surface area contributed by atoms with Crippen molar-refractivity contribution in [3.8, 4) is 11.1 Å². The first kappa shape index (κ1) is 14.8. The summed E-state index contributed by atoms with van der Waals surface area (Å²) in [6.45, 7) is 0. The molecule has 0 N–H and O–H groups in total. The molecular weight excluding hydrogens is 380 g/mol. The minimum Gasteiger partial charge on any atom is -0.0836 e. The zero-order chi connectivity index (χ0) is 17.3. The first-order chi connectivity index (χ1) is 12.8. The first-order valence-electron chi connectivity index (χ1n) is 9.19. The molecule has 3 aromatic rings. The Morgan fingerprint density at radius 2 is 1.50 bits per heavy atom. The van der Waals surface area contributed by atoms with Gasteiger partial charge in [0.25, 0.3) is 0 Å². The van der Waals surface area contributed by atoms with Gasteiger partial charge in [-0.05, 0) is 51.4 Å². The molecule has 0 bridgehead atoms. The van der Waals surface area contributed by atoms with Crippen molar-refractivity contribution in [2.24, 2.45) is 0 Å². The van der Waals surface area contributed by atoms with Crippen LogP contribution in [0.3, 0.4) is 0 Å². The van der Waals surface area contributed by atoms with Gasteiger partial charge in [0.2, 0.25) is 0 Å². The number of allylic oxidation sites excluding steroid dienone is 4. The Balaban J connectivity index is 1.86. The molecule has 0 nitrogen and oxygen atoms in total. The Labute approximate surface area is 162 Å². The van der Waals surface area contributed by atoms with Crippen molar-refractivity contribution in [1.29, 1.82) is 0 Å². The van der Waals surface area contributed by atoms with Crippen LogP contribution in [0.4, 0.5) is 0 Å². The summed E-state index contributed by atoms with van der Waals surface area (Å²) in [6.07, 6.45) is 8.02. The van der Waals surface area contributed by atoms with E-state index < -0.39 is 0 Å². The number of hydrogen-bond donors (Lipinski definition) is 0. The fourth-order valence-electron chi connectivity index (χ4n) is 5.50. The summed E-state index contributed by atoms with van der Waals surface area (Å²) in [6, 6.07) is 24.7. The molecule has 3 aliphatic carbocycles. The molecule has 1 atom stereocenters. The van der Waals surface area contributed by atoms with Gasteiger partial charge in [-0.25, -0.2) is 0 Å². The highest BCUT2D eigenvalue weighted by Gasteiger charge is 2.55. The van der Waals surface area contributed by atoms with Crippen LogP contribution in [0.25, 0.3) is 11.1 Å². The molecule has 1 unspecified atom stereocenters. The van der Waals surface area contributed by atoms with Crippen LogP contribution >= 0.6 is 15.9 Å². The van der Waals surface area contributed by atoms with E-state index >= 15 is 0 Å². The standard InChI is InChI=1S/C25H17Br/c26-23-15-7-11-19-18-10-3-6-14-22(18)25(24(19)23)20-12-4-1-8-16(20)17-9-2-5-13-21(17)25/h1-9,11-15,18H,10H2. The lowest BCUT2D eigenvalue weighted by Crippen LogP contribution is -2.27. The van der Waals surface area contributed by atoms with Crippen molar-refractivity contribution in [2.45, 2.75) is 17.8 Å². The molecule has 0 amide bonds. The van der Waals surface area contributed by atoms with E-state index in [0.717, 1.165) is 6.42 Å². The molecule has 0 saturated heterocycles. The second-order valence-corrected chi connectivity index (χ2v) is 8.24. The van der Waals surface area contributed by atoms with Gasteiger partial charge in [0.15, 0.2) is 0 Å². The molecule has 3 aromatic carbocycles. The normalized spacial score (nSPS) is 20.3. The Morgan fingerprint density at radius 1 is 0.808 bits per heavy atom. The summed E-state index contributed by atoms with van der Waals surface area (Å²) in [7, 11) is 0. The van der Waals surface area contributed by atoms with E-state index in [1.165, 1.54) is 43.4 Å². The van der Waals surface area contributed by atoms with Gasteiger partial charge in [-0.2, -0.15) is 0 Å². The molecule has 124 valence electrons. The maximum absolute atomic E-state index is 3.92. The van der Waals surface area contributed by atoms with E-state index in [-0.39, 0.29) is 5.41 Å². The quantitative estimate of drug-likeness (QED) is 0.394. The van der Waals surface area contributed by atoms with Crippen molar-refractivity contribution in [3.05, 3.63) is 117 Å². The lowest BCUT2D eigenvalue weighted by Gasteiger charge is -2.33. The fourth-order valence-corrected chi connectivity index (χ4v) is 6.18. The average molecular weight is 397 g/mol. The molecule has 0 aliphatic heterocycles. The van der Waals surface area contributed by atoms with Gasteiger partial charge in [0, 0.05) is 10.4 Å². The maximum Gasteiger partial charge on any atom is 0.0696 e. The fraction of sp³-hybridized carbons (Fsp3) is 0.120. The van der Waals surface area contributed by atoms with E-state index in [4.69, 9.17) is 0 Å². The molecule has 3 aliphatic rings. The van der Waals surface area contributed by atoms with Crippen LogP contribution in [-0.2, 0) is 5.41 Å². The van der Waals surface area contributed by atoms with Crippen LogP contribution in [-0.4, -0.2) is 0 Å². The number of benzene rings is 3. The van der Waals surface area contributed by atoms with Gasteiger partial charge in [-0.15, -0.1) is 0 Å². The van der Waals surface area contributed by atoms with Crippen LogP contribution in [0.1, 0.15) is 34.6 Å². The minimum absolute atomic E-state index is 0.169. The monoisotopic (exact) mass is 396 g/mol. The molecule has 0 radical (unpaired) electrons. The molecule has 1 heteroatoms. The van der Waals surface area contributed by atoms with Crippen molar-refractivity contribution >= 4 is 15.9 Å². The van der Waals surface area contributed by atoms with Crippen LogP contribution < -0.4 is 0 Å². The third-order valence-electron chi connectivity index (χ3n) is 6.34. The summed E-state index contributed by atoms with van der Waals surface area (Å²) in [5.74, 6) is 0.465. The van der Waals surface area contributed by atoms with Crippen molar-refractivity contribution in [3.63, 3.8) is 0 Å². The average Bonchev–Trinajstić information content (AvgIpc) is 3.16. The van der Waals surface area contributed by atoms with E-state index in [9.17, 15) is 0 Å². The molecule has 6 rings (SSSR count). The van der Waals surface area contributed by atoms with E-state index in [2.05, 4.69) is 101 Å². The summed E-state index contributed by atoms with van der Waals surface area (Å²) in [5.41, 5.74) is 9.88. The highest BCUT2D eigenvalue weighted by Crippen LogP contribution is 2.66. The van der Waals surface area contributed by atoms with Gasteiger partial charge < -0.3 is 0 Å². The molecule has 1 spiro atoms. The smallest absolute Gasteiger partial charge is 0.0696 e. The Kier molecular flexibility index (Phi) is 2.88. The number of fused-ring (bicyclic) bond motifs is 10. The number of halogens is 1. The number of hydrogen-bond acceptors (Lipinski definition) is 0. The van der Waals surface area contributed by atoms with Gasteiger partial charge in [0.05, 0.1) is 5.41 Å². The predicted molar refractivity (Wildman–Crippen MR) is 110 cm³/mol. The van der Waals surface area contributed by atoms with Crippen molar-refractivity contribution < 1.29 is 0 Å². The molecular formula is C25H17Br. The van der Waals surface area contributed by atoms with Gasteiger partial charge in [-0.3, -0.25) is 0 Å². The zero-order valence-electron chi connectivity index (χ0n) is 14.2. The molecule has 0 fully saturated rings. The first-order valence-corrected chi connectivity index (χ1v) is 9.98. The Morgan fingerprint density at radius 3 is 2.23 bits per heavy atom. The van der Waals surface area contributed by atoms with E-state index in [1.54, 1.807) is 0 Å². The summed E-state index contributed by atoms with van der Waals surface area (Å²) in [4.78, 5) is 0. The molecule has 0 heterocycles. The maximum atomic E-state index is 3.92. The third-order valence-corrected chi connectivity index (χ3v) is 7.00. The summed E-state index contributed by atoms with van der Waals surface area (Å²) in [5, 5.41) is 0. The lowest BCUT2D eigenvalue weighted by atomic mass is 9.69. The highest BCUT2D eigenvalue weighted by atomic mass is 79.9. The molecule has 0 saturated carbocycles. The SMILES string of the molecule is Brc1cccc2c1C1(C3=CC=CCC32)c2ccccc2-c2ccccc21. The van der Waals surface area contributed by atoms with Crippen LogP contribution in [0.2, 0.25) is 0 Å². The number of rotatable bonds is 0. The van der Waals surface area contributed by atoms with Crippen LogP contribution in [0, 0.1) is 0 Å². The second kappa shape index (κ2) is 5.08. The van der Waals surface area contributed by atoms with Crippen LogP contribution in [0.15, 0.2) is 95.0 Å². The highest BCUT2D eigenvalue weighted by molar-refractivity contribution is 9.10. The van der Waals surface area contributed by atoms with Gasteiger partial charge in [0.1, 0.15) is 0 Å². The van der Waals surface area contributed by atoms with Gasteiger partial charge >= 0.3 is 0 Å². The second-order valence-electron chi connectivity index (χ2n) is 7.38. The summed E-state index contributed by atoms with van der Waals surface area (Å²) >= 11 is 3.92. The Bertz CT molecular complexity index is 1090. The zero-order valence-corrected chi connectivity index (χ0v) is 15.8. The lowest BCUT2D eigenvalue weighted by molar-refractivity contribution is 0.706. The van der Waals surface area contributed by atoms with Crippen LogP contribution in [0.5, 0.6) is 0 Å². The summed E-state index contributed by atoms with van der Waals surface area (Å²) < 4.78 is 1.22. The topological polar surface area (TPSA) is 0 Å².